The van der Waals surface area contributed by atoms with E-state index in [0.717, 1.165) is 31.4 Å². The Morgan fingerprint density at radius 3 is 2.29 bits per heavy atom. The van der Waals surface area contributed by atoms with Crippen LogP contribution in [0.5, 0.6) is 11.5 Å². The lowest BCUT2D eigenvalue weighted by Gasteiger charge is -2.10. The molecular formula is C24H32N4O6. The van der Waals surface area contributed by atoms with E-state index >= 15 is 0 Å². The Balaban J connectivity index is 1.70. The number of carbonyl (C=O) groups is 1. The maximum Gasteiger partial charge on any atom is 0.344 e. The van der Waals surface area contributed by atoms with Gasteiger partial charge in [0.1, 0.15) is 23.9 Å². The SMILES string of the molecule is CCCCn1c(=O)[nH]c(=O)c2c1nc(COC(=O)COc1ccc(OCCC)cc1)n2CCC. The zero-order chi connectivity index (χ0) is 24.5. The maximum atomic E-state index is 12.5. The first-order chi connectivity index (χ1) is 16.5. The van der Waals surface area contributed by atoms with Crippen molar-refractivity contribution in [3.63, 3.8) is 0 Å². The van der Waals surface area contributed by atoms with E-state index in [9.17, 15) is 14.4 Å². The minimum atomic E-state index is -0.571. The molecule has 0 radical (unpaired) electrons. The fourth-order valence-electron chi connectivity index (χ4n) is 3.50. The molecule has 0 aliphatic rings. The molecule has 1 aromatic carbocycles. The van der Waals surface area contributed by atoms with Gasteiger partial charge in [-0.2, -0.15) is 0 Å². The quantitative estimate of drug-likeness (QED) is 0.380. The molecule has 34 heavy (non-hydrogen) atoms. The van der Waals surface area contributed by atoms with Crippen LogP contribution in [0.25, 0.3) is 11.2 Å². The molecule has 184 valence electrons. The van der Waals surface area contributed by atoms with E-state index in [1.54, 1.807) is 28.8 Å². The highest BCUT2D eigenvalue weighted by Gasteiger charge is 2.19. The molecule has 3 aromatic rings. The minimum Gasteiger partial charge on any atom is -0.494 e. The fraction of sp³-hybridized carbons (Fsp3) is 0.500. The van der Waals surface area contributed by atoms with E-state index in [2.05, 4.69) is 9.97 Å². The van der Waals surface area contributed by atoms with Crippen LogP contribution < -0.4 is 20.7 Å². The molecule has 0 saturated heterocycles. The van der Waals surface area contributed by atoms with Crippen LogP contribution in [0.2, 0.25) is 0 Å². The molecule has 0 bridgehead atoms. The van der Waals surface area contributed by atoms with Gasteiger partial charge in [0.05, 0.1) is 6.61 Å². The summed E-state index contributed by atoms with van der Waals surface area (Å²) in [7, 11) is 0. The number of H-pyrrole nitrogens is 1. The first kappa shape index (κ1) is 25.1. The highest BCUT2D eigenvalue weighted by molar-refractivity contribution is 5.72. The summed E-state index contributed by atoms with van der Waals surface area (Å²) >= 11 is 0. The third-order valence-electron chi connectivity index (χ3n) is 5.16. The van der Waals surface area contributed by atoms with Gasteiger partial charge in [0, 0.05) is 13.1 Å². The van der Waals surface area contributed by atoms with Crippen LogP contribution in [-0.4, -0.2) is 38.3 Å². The van der Waals surface area contributed by atoms with Crippen molar-refractivity contribution in [1.29, 1.82) is 0 Å². The van der Waals surface area contributed by atoms with Crippen LogP contribution >= 0.6 is 0 Å². The van der Waals surface area contributed by atoms with E-state index in [1.165, 1.54) is 4.57 Å². The lowest BCUT2D eigenvalue weighted by atomic mass is 10.3. The van der Waals surface area contributed by atoms with Crippen molar-refractivity contribution >= 4 is 17.1 Å². The number of nitrogens with one attached hydrogen (secondary N) is 1. The Kier molecular flexibility index (Phi) is 8.89. The van der Waals surface area contributed by atoms with Crippen LogP contribution in [0, 0.1) is 0 Å². The van der Waals surface area contributed by atoms with Crippen molar-refractivity contribution in [2.75, 3.05) is 13.2 Å². The molecule has 3 rings (SSSR count). The molecule has 0 unspecified atom stereocenters. The molecular weight excluding hydrogens is 440 g/mol. The third-order valence-corrected chi connectivity index (χ3v) is 5.16. The number of rotatable bonds is 13. The number of aryl methyl sites for hydroxylation is 2. The summed E-state index contributed by atoms with van der Waals surface area (Å²) < 4.78 is 19.6. The van der Waals surface area contributed by atoms with Crippen molar-refractivity contribution in [3.8, 4) is 11.5 Å². The Bertz CT molecular complexity index is 1210. The summed E-state index contributed by atoms with van der Waals surface area (Å²) in [4.78, 5) is 44.1. The average Bonchev–Trinajstić information content (AvgIpc) is 3.19. The number of fused-ring (bicyclic) bond motifs is 1. The lowest BCUT2D eigenvalue weighted by molar-refractivity contribution is -0.147. The van der Waals surface area contributed by atoms with Crippen molar-refractivity contribution in [1.82, 2.24) is 19.1 Å². The fourth-order valence-corrected chi connectivity index (χ4v) is 3.50. The van der Waals surface area contributed by atoms with Crippen LogP contribution in [-0.2, 0) is 29.2 Å². The Hall–Kier alpha value is -3.56. The topological polar surface area (TPSA) is 117 Å². The number of aromatic amines is 1. The molecule has 2 heterocycles. The molecule has 0 aliphatic heterocycles. The monoisotopic (exact) mass is 472 g/mol. The second-order valence-corrected chi connectivity index (χ2v) is 7.89. The predicted octanol–water partition coefficient (Wildman–Crippen LogP) is 3.01. The summed E-state index contributed by atoms with van der Waals surface area (Å²) in [5.74, 6) is 1.09. The molecule has 1 N–H and O–H groups in total. The molecule has 0 spiro atoms. The highest BCUT2D eigenvalue weighted by atomic mass is 16.6. The summed E-state index contributed by atoms with van der Waals surface area (Å²) in [5.41, 5.74) is -0.371. The van der Waals surface area contributed by atoms with E-state index in [-0.39, 0.29) is 13.2 Å². The zero-order valence-corrected chi connectivity index (χ0v) is 20.0. The Morgan fingerprint density at radius 1 is 0.941 bits per heavy atom. The number of ether oxygens (including phenoxy) is 3. The molecule has 0 fully saturated rings. The first-order valence-electron chi connectivity index (χ1n) is 11.7. The van der Waals surface area contributed by atoms with Crippen molar-refractivity contribution in [3.05, 3.63) is 50.9 Å². The Morgan fingerprint density at radius 2 is 1.65 bits per heavy atom. The summed E-state index contributed by atoms with van der Waals surface area (Å²) in [6, 6.07) is 7.00. The van der Waals surface area contributed by atoms with Crippen molar-refractivity contribution in [2.24, 2.45) is 0 Å². The van der Waals surface area contributed by atoms with E-state index in [0.29, 0.717) is 42.4 Å². The van der Waals surface area contributed by atoms with Gasteiger partial charge in [-0.15, -0.1) is 0 Å². The van der Waals surface area contributed by atoms with Gasteiger partial charge in [-0.1, -0.05) is 27.2 Å². The second kappa shape index (κ2) is 12.1. The molecule has 0 saturated carbocycles. The number of unbranched alkanes of at least 4 members (excludes halogenated alkanes) is 1. The standard InChI is InChI=1S/C24H32N4O6/c1-4-7-13-28-22-21(23(30)26-24(28)31)27(12-5-2)19(25-22)15-34-20(29)16-33-18-10-8-17(9-11-18)32-14-6-3/h8-11H,4-7,12-16H2,1-3H3,(H,26,30,31). The van der Waals surface area contributed by atoms with Crippen LogP contribution in [0.1, 0.15) is 52.3 Å². The number of carbonyl (C=O) groups excluding carboxylic acids is 1. The molecule has 2 aromatic heterocycles. The molecule has 0 atom stereocenters. The lowest BCUT2D eigenvalue weighted by Crippen LogP contribution is -2.31. The molecule has 0 amide bonds. The minimum absolute atomic E-state index is 0.137. The number of nitrogens with zero attached hydrogens (tertiary/aromatic N) is 3. The van der Waals surface area contributed by atoms with Gasteiger partial charge >= 0.3 is 11.7 Å². The van der Waals surface area contributed by atoms with Crippen molar-refractivity contribution in [2.45, 2.75) is 66.2 Å². The number of hydrogen-bond donors (Lipinski definition) is 1. The zero-order valence-electron chi connectivity index (χ0n) is 20.0. The van der Waals surface area contributed by atoms with Crippen LogP contribution in [0.3, 0.4) is 0 Å². The predicted molar refractivity (Wildman–Crippen MR) is 127 cm³/mol. The maximum absolute atomic E-state index is 12.5. The number of esters is 1. The van der Waals surface area contributed by atoms with Crippen molar-refractivity contribution < 1.29 is 19.0 Å². The molecule has 10 nitrogen and oxygen atoms in total. The van der Waals surface area contributed by atoms with Gasteiger partial charge in [-0.3, -0.25) is 14.3 Å². The van der Waals surface area contributed by atoms with Gasteiger partial charge in [0.25, 0.3) is 5.56 Å². The molecule has 0 aliphatic carbocycles. The molecule has 10 heteroatoms. The normalized spacial score (nSPS) is 11.0. The first-order valence-corrected chi connectivity index (χ1v) is 11.7. The van der Waals surface area contributed by atoms with Crippen LogP contribution in [0.15, 0.2) is 33.9 Å². The van der Waals surface area contributed by atoms with Gasteiger partial charge in [0.2, 0.25) is 0 Å². The van der Waals surface area contributed by atoms with Crippen LogP contribution in [0.4, 0.5) is 0 Å². The van der Waals surface area contributed by atoms with Gasteiger partial charge in [0.15, 0.2) is 17.8 Å². The summed E-state index contributed by atoms with van der Waals surface area (Å²) in [6.07, 6.45) is 3.32. The Labute approximate surface area is 197 Å². The number of hydrogen-bond acceptors (Lipinski definition) is 7. The van der Waals surface area contributed by atoms with Gasteiger partial charge in [-0.25, -0.2) is 14.6 Å². The van der Waals surface area contributed by atoms with E-state index in [1.807, 2.05) is 20.8 Å². The number of aromatic nitrogens is 4. The second-order valence-electron chi connectivity index (χ2n) is 7.89. The van der Waals surface area contributed by atoms with Gasteiger partial charge in [-0.05, 0) is 43.5 Å². The highest BCUT2D eigenvalue weighted by Crippen LogP contribution is 2.18. The van der Waals surface area contributed by atoms with E-state index < -0.39 is 17.2 Å². The third kappa shape index (κ3) is 6.06. The summed E-state index contributed by atoms with van der Waals surface area (Å²) in [6.45, 7) is 7.19. The number of imidazole rings is 1. The van der Waals surface area contributed by atoms with Gasteiger partial charge < -0.3 is 18.8 Å². The number of benzene rings is 1. The van der Waals surface area contributed by atoms with E-state index in [4.69, 9.17) is 14.2 Å². The summed E-state index contributed by atoms with van der Waals surface area (Å²) in [5, 5.41) is 0. The smallest absolute Gasteiger partial charge is 0.344 e. The average molecular weight is 473 g/mol. The largest absolute Gasteiger partial charge is 0.494 e.